The molecule has 1 heterocycles. The van der Waals surface area contributed by atoms with Gasteiger partial charge >= 0.3 is 0 Å². The molecule has 24 heavy (non-hydrogen) atoms. The average Bonchev–Trinajstić information content (AvgIpc) is 2.44. The van der Waals surface area contributed by atoms with Gasteiger partial charge in [0.05, 0.1) is 21.6 Å². The van der Waals surface area contributed by atoms with E-state index in [2.05, 4.69) is 10.6 Å². The lowest BCUT2D eigenvalue weighted by molar-refractivity contribution is -0.122. The molecule has 2 N–H and O–H groups in total. The highest BCUT2D eigenvalue weighted by Gasteiger charge is 2.25. The second kappa shape index (κ2) is 6.76. The lowest BCUT2D eigenvalue weighted by Gasteiger charge is -2.22. The van der Waals surface area contributed by atoms with Crippen LogP contribution in [0.25, 0.3) is 0 Å². The molecule has 0 aliphatic carbocycles. The first-order chi connectivity index (χ1) is 11.0. The predicted octanol–water partition coefficient (Wildman–Crippen LogP) is 2.20. The molecular weight excluding hydrogens is 348 g/mol. The number of hydrogen-bond donors (Lipinski definition) is 2. The van der Waals surface area contributed by atoms with Crippen LogP contribution in [0.15, 0.2) is 28.0 Å². The van der Waals surface area contributed by atoms with Crippen molar-refractivity contribution in [3.05, 3.63) is 18.2 Å². The summed E-state index contributed by atoms with van der Waals surface area (Å²) in [5.74, 6) is -0.723. The second-order valence-electron chi connectivity index (χ2n) is 6.77. The van der Waals surface area contributed by atoms with Gasteiger partial charge in [0.1, 0.15) is 0 Å². The fraction of sp³-hybridized carbons (Fsp3) is 0.500. The van der Waals surface area contributed by atoms with Crippen molar-refractivity contribution in [3.63, 3.8) is 0 Å². The van der Waals surface area contributed by atoms with Gasteiger partial charge in [0.15, 0.2) is 9.84 Å². The van der Waals surface area contributed by atoms with Crippen LogP contribution in [-0.2, 0) is 19.4 Å². The minimum atomic E-state index is -3.60. The summed E-state index contributed by atoms with van der Waals surface area (Å²) in [6, 6.07) is 4.67. The van der Waals surface area contributed by atoms with Crippen LogP contribution in [0.1, 0.15) is 34.1 Å². The van der Waals surface area contributed by atoms with Crippen molar-refractivity contribution in [2.24, 2.45) is 0 Å². The number of rotatable bonds is 4. The molecule has 1 aliphatic heterocycles. The quantitative estimate of drug-likeness (QED) is 0.848. The first kappa shape index (κ1) is 18.8. The summed E-state index contributed by atoms with van der Waals surface area (Å²) in [6.45, 7) is 7.31. The Kier molecular flexibility index (Phi) is 5.29. The molecule has 1 aromatic rings. The summed E-state index contributed by atoms with van der Waals surface area (Å²) in [6.07, 6.45) is -0.102. The summed E-state index contributed by atoms with van der Waals surface area (Å²) in [5.41, 5.74) is 0.105. The highest BCUT2D eigenvalue weighted by atomic mass is 32.2. The number of carbonyl (C=O) groups excluding carboxylic acids is 2. The Bertz CT molecular complexity index is 767. The van der Waals surface area contributed by atoms with E-state index in [0.717, 1.165) is 4.90 Å². The van der Waals surface area contributed by atoms with Crippen molar-refractivity contribution < 1.29 is 18.0 Å². The van der Waals surface area contributed by atoms with Crippen molar-refractivity contribution in [1.82, 2.24) is 5.32 Å². The summed E-state index contributed by atoms with van der Waals surface area (Å²) >= 11 is 1.39. The van der Waals surface area contributed by atoms with Gasteiger partial charge < -0.3 is 10.6 Å². The third-order valence-electron chi connectivity index (χ3n) is 3.35. The molecular formula is C16H22N2O4S2. The molecule has 0 saturated heterocycles. The zero-order valence-corrected chi connectivity index (χ0v) is 15.8. The van der Waals surface area contributed by atoms with E-state index in [9.17, 15) is 18.0 Å². The first-order valence-corrected chi connectivity index (χ1v) is 10.2. The van der Waals surface area contributed by atoms with Gasteiger partial charge in [-0.05, 0) is 45.9 Å². The summed E-state index contributed by atoms with van der Waals surface area (Å²) in [4.78, 5) is 24.5. The number of fused-ring (bicyclic) bond motifs is 1. The van der Waals surface area contributed by atoms with Gasteiger partial charge in [-0.3, -0.25) is 9.59 Å². The van der Waals surface area contributed by atoms with Gasteiger partial charge in [0.2, 0.25) is 11.8 Å². The molecule has 132 valence electrons. The molecule has 6 nitrogen and oxygen atoms in total. The predicted molar refractivity (Wildman–Crippen MR) is 95.0 cm³/mol. The zero-order chi connectivity index (χ0) is 18.1. The number of benzene rings is 1. The third kappa shape index (κ3) is 4.73. The number of sulfone groups is 1. The van der Waals surface area contributed by atoms with Crippen LogP contribution in [0.2, 0.25) is 0 Å². The summed E-state index contributed by atoms with van der Waals surface area (Å²) in [5, 5.41) is 5.25. The van der Waals surface area contributed by atoms with Gasteiger partial charge in [0, 0.05) is 16.9 Å². The van der Waals surface area contributed by atoms with E-state index in [4.69, 9.17) is 0 Å². The molecule has 0 bridgehead atoms. The van der Waals surface area contributed by atoms with Crippen molar-refractivity contribution in [2.75, 3.05) is 11.1 Å². The van der Waals surface area contributed by atoms with E-state index in [-0.39, 0.29) is 34.1 Å². The van der Waals surface area contributed by atoms with E-state index < -0.39 is 15.4 Å². The number of amides is 2. The number of thioether (sulfide) groups is 1. The van der Waals surface area contributed by atoms with Crippen LogP contribution in [0.5, 0.6) is 0 Å². The zero-order valence-electron chi connectivity index (χ0n) is 14.2. The fourth-order valence-corrected chi connectivity index (χ4v) is 4.40. The minimum Gasteiger partial charge on any atom is -0.351 e. The smallest absolute Gasteiger partial charge is 0.237 e. The van der Waals surface area contributed by atoms with E-state index in [1.165, 1.54) is 23.9 Å². The van der Waals surface area contributed by atoms with Gasteiger partial charge in [-0.2, -0.15) is 0 Å². The summed E-state index contributed by atoms with van der Waals surface area (Å²) < 4.78 is 24.9. The maximum Gasteiger partial charge on any atom is 0.237 e. The molecule has 1 aliphatic rings. The maximum absolute atomic E-state index is 12.4. The monoisotopic (exact) mass is 370 g/mol. The Morgan fingerprint density at radius 1 is 1.33 bits per heavy atom. The Balaban J connectivity index is 2.12. The van der Waals surface area contributed by atoms with Crippen molar-refractivity contribution in [2.45, 2.75) is 54.7 Å². The topological polar surface area (TPSA) is 92.3 Å². The van der Waals surface area contributed by atoms with Crippen LogP contribution in [-0.4, -0.2) is 36.8 Å². The highest BCUT2D eigenvalue weighted by molar-refractivity contribution is 8.01. The lowest BCUT2D eigenvalue weighted by Crippen LogP contribution is -2.41. The van der Waals surface area contributed by atoms with Crippen LogP contribution in [0, 0.1) is 0 Å². The first-order valence-electron chi connectivity index (χ1n) is 7.63. The molecule has 2 amide bonds. The Labute approximate surface area is 146 Å². The van der Waals surface area contributed by atoms with Gasteiger partial charge in [-0.1, -0.05) is 0 Å². The molecule has 1 atom stereocenters. The molecule has 0 fully saturated rings. The molecule has 0 radical (unpaired) electrons. The van der Waals surface area contributed by atoms with E-state index >= 15 is 0 Å². The summed E-state index contributed by atoms with van der Waals surface area (Å²) in [7, 11) is -3.60. The number of anilines is 1. The molecule has 0 saturated carbocycles. The van der Waals surface area contributed by atoms with Crippen LogP contribution in [0.3, 0.4) is 0 Å². The van der Waals surface area contributed by atoms with Crippen molar-refractivity contribution in [1.29, 1.82) is 0 Å². The second-order valence-corrected chi connectivity index (χ2v) is 10.3. The van der Waals surface area contributed by atoms with Crippen LogP contribution < -0.4 is 10.6 Å². The van der Waals surface area contributed by atoms with Crippen molar-refractivity contribution >= 4 is 39.1 Å². The normalized spacial score (nSPS) is 17.8. The fourth-order valence-electron chi connectivity index (χ4n) is 2.21. The largest absolute Gasteiger partial charge is 0.351 e. The van der Waals surface area contributed by atoms with Crippen molar-refractivity contribution in [3.8, 4) is 0 Å². The number of nitrogens with one attached hydrogen (secondary N) is 2. The van der Waals surface area contributed by atoms with E-state index in [0.29, 0.717) is 5.69 Å². The third-order valence-corrected chi connectivity index (χ3v) is 6.24. The van der Waals surface area contributed by atoms with Gasteiger partial charge in [-0.15, -0.1) is 11.8 Å². The lowest BCUT2D eigenvalue weighted by atomic mass is 10.1. The Morgan fingerprint density at radius 2 is 2.00 bits per heavy atom. The van der Waals surface area contributed by atoms with Gasteiger partial charge in [0.25, 0.3) is 0 Å². The van der Waals surface area contributed by atoms with Crippen LogP contribution in [0.4, 0.5) is 5.69 Å². The van der Waals surface area contributed by atoms with Gasteiger partial charge in [-0.25, -0.2) is 8.42 Å². The number of hydrogen-bond acceptors (Lipinski definition) is 5. The van der Waals surface area contributed by atoms with E-state index in [1.807, 2.05) is 20.8 Å². The Hall–Kier alpha value is -1.54. The molecule has 0 aromatic heterocycles. The standard InChI is InChI=1S/C16H22N2O4S2/c1-10-15(20)17-12-9-11(5-6-13(12)23-10)24(21,22)8-7-14(19)18-16(2,3)4/h5-6,9-10H,7-8H2,1-4H3,(H,17,20)(H,18,19). The average molecular weight is 370 g/mol. The van der Waals surface area contributed by atoms with E-state index in [1.54, 1.807) is 13.0 Å². The molecule has 1 unspecified atom stereocenters. The highest BCUT2D eigenvalue weighted by Crippen LogP contribution is 2.36. The molecule has 8 heteroatoms. The molecule has 2 rings (SSSR count). The molecule has 1 aromatic carbocycles. The van der Waals surface area contributed by atoms with Crippen LogP contribution >= 0.6 is 11.8 Å². The Morgan fingerprint density at radius 3 is 2.62 bits per heavy atom. The maximum atomic E-state index is 12.4. The SMILES string of the molecule is CC1Sc2ccc(S(=O)(=O)CCC(=O)NC(C)(C)C)cc2NC1=O. The molecule has 0 spiro atoms. The number of carbonyl (C=O) groups is 2. The minimum absolute atomic E-state index is 0.102.